The van der Waals surface area contributed by atoms with Crippen LogP contribution in [0.25, 0.3) is 0 Å². The van der Waals surface area contributed by atoms with Gasteiger partial charge in [-0.3, -0.25) is 4.79 Å². The maximum absolute atomic E-state index is 11.4. The first-order chi connectivity index (χ1) is 8.66. The number of rotatable bonds is 4. The average Bonchev–Trinajstić information content (AvgIpc) is 2.38. The van der Waals surface area contributed by atoms with Crippen molar-refractivity contribution in [3.05, 3.63) is 39.9 Å². The molecule has 0 bridgehead atoms. The van der Waals surface area contributed by atoms with Gasteiger partial charge in [0.15, 0.2) is 0 Å². The lowest BCUT2D eigenvalue weighted by molar-refractivity contribution is 0.100. The highest BCUT2D eigenvalue weighted by atomic mass is 79.9. The molecule has 4 N–H and O–H groups in total. The molecule has 0 aliphatic carbocycles. The van der Waals surface area contributed by atoms with Crippen molar-refractivity contribution in [2.75, 3.05) is 25.0 Å². The number of carbonyl (C=O) groups is 1. The van der Waals surface area contributed by atoms with Crippen LogP contribution >= 0.6 is 15.9 Å². The highest BCUT2D eigenvalue weighted by Gasteiger charge is 2.09. The summed E-state index contributed by atoms with van der Waals surface area (Å²) in [4.78, 5) is 11.4. The molecule has 5 heteroatoms. The van der Waals surface area contributed by atoms with Gasteiger partial charge < -0.3 is 16.4 Å². The molecule has 1 aliphatic rings. The van der Waals surface area contributed by atoms with E-state index < -0.39 is 5.91 Å². The highest BCUT2D eigenvalue weighted by molar-refractivity contribution is 9.10. The van der Waals surface area contributed by atoms with E-state index in [0.29, 0.717) is 5.56 Å². The summed E-state index contributed by atoms with van der Waals surface area (Å²) in [5.74, 6) is -0.418. The molecule has 1 aromatic rings. The summed E-state index contributed by atoms with van der Waals surface area (Å²) in [7, 11) is 0. The maximum Gasteiger partial charge on any atom is 0.250 e. The van der Waals surface area contributed by atoms with E-state index in [1.54, 1.807) is 6.07 Å². The molecular formula is C13H16BrN3O. The zero-order valence-corrected chi connectivity index (χ0v) is 11.6. The van der Waals surface area contributed by atoms with Crippen LogP contribution < -0.4 is 16.4 Å². The zero-order valence-electron chi connectivity index (χ0n) is 10.0. The molecule has 0 saturated heterocycles. The van der Waals surface area contributed by atoms with Crippen LogP contribution in [0.2, 0.25) is 0 Å². The van der Waals surface area contributed by atoms with Crippen LogP contribution in [-0.4, -0.2) is 25.5 Å². The van der Waals surface area contributed by atoms with Crippen LogP contribution in [0.5, 0.6) is 0 Å². The van der Waals surface area contributed by atoms with Crippen LogP contribution in [0.3, 0.4) is 0 Å². The van der Waals surface area contributed by atoms with Crippen LogP contribution in [0.4, 0.5) is 5.69 Å². The van der Waals surface area contributed by atoms with Crippen molar-refractivity contribution in [1.82, 2.24) is 5.32 Å². The van der Waals surface area contributed by atoms with Crippen molar-refractivity contribution < 1.29 is 4.79 Å². The van der Waals surface area contributed by atoms with Crippen LogP contribution in [0, 0.1) is 0 Å². The van der Waals surface area contributed by atoms with E-state index in [9.17, 15) is 4.79 Å². The molecule has 0 aromatic heterocycles. The number of hydrogen-bond acceptors (Lipinski definition) is 3. The van der Waals surface area contributed by atoms with Gasteiger partial charge in [0.1, 0.15) is 0 Å². The predicted molar refractivity (Wildman–Crippen MR) is 76.7 cm³/mol. The number of anilines is 1. The Morgan fingerprint density at radius 2 is 2.33 bits per heavy atom. The molecule has 1 heterocycles. The second-order valence-electron chi connectivity index (χ2n) is 4.22. The fourth-order valence-electron chi connectivity index (χ4n) is 1.91. The van der Waals surface area contributed by atoms with E-state index in [2.05, 4.69) is 32.6 Å². The third-order valence-electron chi connectivity index (χ3n) is 2.91. The fraction of sp³-hybridized carbons (Fsp3) is 0.308. The predicted octanol–water partition coefficient (Wildman–Crippen LogP) is 1.88. The molecule has 0 unspecified atom stereocenters. The third kappa shape index (κ3) is 3.34. The Bertz CT molecular complexity index is 485. The van der Waals surface area contributed by atoms with Crippen molar-refractivity contribution in [1.29, 1.82) is 0 Å². The second kappa shape index (κ2) is 6.02. The van der Waals surface area contributed by atoms with Gasteiger partial charge in [-0.2, -0.15) is 0 Å². The van der Waals surface area contributed by atoms with E-state index in [4.69, 9.17) is 5.73 Å². The van der Waals surface area contributed by atoms with Crippen LogP contribution in [0.15, 0.2) is 34.3 Å². The molecule has 96 valence electrons. The number of carbonyl (C=O) groups excluding carboxylic acids is 1. The molecular weight excluding hydrogens is 294 g/mol. The molecule has 1 amide bonds. The minimum atomic E-state index is -0.418. The van der Waals surface area contributed by atoms with E-state index in [0.717, 1.165) is 36.2 Å². The minimum Gasteiger partial charge on any atom is -0.381 e. The first-order valence-electron chi connectivity index (χ1n) is 5.88. The normalized spacial score (nSPS) is 15.1. The SMILES string of the molecule is NC(=O)c1cc(Br)ccc1NCC1=CCNCC1. The molecule has 4 nitrogen and oxygen atoms in total. The standard InChI is InChI=1S/C13H16BrN3O/c14-10-1-2-12(11(7-10)13(15)18)17-8-9-3-5-16-6-4-9/h1-3,7,16-17H,4-6,8H2,(H2,15,18). The van der Waals surface area contributed by atoms with Gasteiger partial charge in [-0.1, -0.05) is 27.6 Å². The summed E-state index contributed by atoms with van der Waals surface area (Å²) in [5, 5.41) is 6.54. The Kier molecular flexibility index (Phi) is 4.38. The van der Waals surface area contributed by atoms with Gasteiger partial charge >= 0.3 is 0 Å². The van der Waals surface area contributed by atoms with Crippen LogP contribution in [-0.2, 0) is 0 Å². The molecule has 0 atom stereocenters. The number of benzene rings is 1. The van der Waals surface area contributed by atoms with Crippen LogP contribution in [0.1, 0.15) is 16.8 Å². The van der Waals surface area contributed by atoms with Gasteiger partial charge in [0.05, 0.1) is 5.56 Å². The van der Waals surface area contributed by atoms with Crippen molar-refractivity contribution in [2.24, 2.45) is 5.73 Å². The monoisotopic (exact) mass is 309 g/mol. The second-order valence-corrected chi connectivity index (χ2v) is 5.14. The number of nitrogens with two attached hydrogens (primary N) is 1. The molecule has 0 saturated carbocycles. The minimum absolute atomic E-state index is 0.418. The van der Waals surface area contributed by atoms with Gasteiger partial charge in [-0.05, 0) is 31.2 Å². The summed E-state index contributed by atoms with van der Waals surface area (Å²) in [5.41, 5.74) is 8.02. The summed E-state index contributed by atoms with van der Waals surface area (Å²) in [6.07, 6.45) is 3.22. The maximum atomic E-state index is 11.4. The molecule has 1 aliphatic heterocycles. The summed E-state index contributed by atoms with van der Waals surface area (Å²) in [6, 6.07) is 5.50. The molecule has 0 fully saturated rings. The topological polar surface area (TPSA) is 67.2 Å². The van der Waals surface area contributed by atoms with Gasteiger partial charge in [-0.15, -0.1) is 0 Å². The molecule has 18 heavy (non-hydrogen) atoms. The van der Waals surface area contributed by atoms with Gasteiger partial charge in [-0.25, -0.2) is 0 Å². The van der Waals surface area contributed by atoms with Gasteiger partial charge in [0.25, 0.3) is 5.91 Å². The molecule has 0 spiro atoms. The van der Waals surface area contributed by atoms with Crippen molar-refractivity contribution in [3.8, 4) is 0 Å². The first kappa shape index (κ1) is 13.1. The Morgan fingerprint density at radius 1 is 1.50 bits per heavy atom. The lowest BCUT2D eigenvalue weighted by atomic mass is 10.1. The Balaban J connectivity index is 2.08. The smallest absolute Gasteiger partial charge is 0.250 e. The molecule has 2 rings (SSSR count). The quantitative estimate of drug-likeness (QED) is 0.744. The first-order valence-corrected chi connectivity index (χ1v) is 6.68. The highest BCUT2D eigenvalue weighted by Crippen LogP contribution is 2.21. The number of halogens is 1. The van der Waals surface area contributed by atoms with Gasteiger partial charge in [0.2, 0.25) is 0 Å². The van der Waals surface area contributed by atoms with E-state index in [1.807, 2.05) is 12.1 Å². The number of nitrogens with one attached hydrogen (secondary N) is 2. The van der Waals surface area contributed by atoms with Crippen molar-refractivity contribution in [3.63, 3.8) is 0 Å². The van der Waals surface area contributed by atoms with E-state index in [1.165, 1.54) is 5.57 Å². The van der Waals surface area contributed by atoms with E-state index in [-0.39, 0.29) is 0 Å². The largest absolute Gasteiger partial charge is 0.381 e. The Hall–Kier alpha value is -1.33. The zero-order chi connectivity index (χ0) is 13.0. The average molecular weight is 310 g/mol. The summed E-state index contributed by atoms with van der Waals surface area (Å²) < 4.78 is 0.850. The van der Waals surface area contributed by atoms with Crippen molar-refractivity contribution in [2.45, 2.75) is 6.42 Å². The van der Waals surface area contributed by atoms with E-state index >= 15 is 0 Å². The summed E-state index contributed by atoms with van der Waals surface area (Å²) in [6.45, 7) is 2.68. The Labute approximate surface area is 115 Å². The third-order valence-corrected chi connectivity index (χ3v) is 3.40. The van der Waals surface area contributed by atoms with Crippen molar-refractivity contribution >= 4 is 27.5 Å². The number of primary amides is 1. The number of hydrogen-bond donors (Lipinski definition) is 3. The number of amides is 1. The lowest BCUT2D eigenvalue weighted by Gasteiger charge is -2.16. The molecule has 1 aromatic carbocycles. The fourth-order valence-corrected chi connectivity index (χ4v) is 2.27. The van der Waals surface area contributed by atoms with Gasteiger partial charge in [0, 0.05) is 23.2 Å². The molecule has 0 radical (unpaired) electrons. The lowest BCUT2D eigenvalue weighted by Crippen LogP contribution is -2.23. The Morgan fingerprint density at radius 3 is 3.00 bits per heavy atom. The summed E-state index contributed by atoms with van der Waals surface area (Å²) >= 11 is 3.34.